The molecule has 0 amide bonds. The third kappa shape index (κ3) is 6.36. The minimum atomic E-state index is -4.60. The number of benzene rings is 4. The van der Waals surface area contributed by atoms with Gasteiger partial charge >= 0.3 is 6.18 Å². The number of nitro groups is 1. The zero-order valence-corrected chi connectivity index (χ0v) is 25.7. The van der Waals surface area contributed by atoms with Crippen LogP contribution in [0.1, 0.15) is 16.7 Å². The molecule has 0 fully saturated rings. The van der Waals surface area contributed by atoms with Crippen LogP contribution in [-0.2, 0) is 12.8 Å². The number of aromatic nitrogens is 2. The Kier molecular flexibility index (Phi) is 8.83. The van der Waals surface area contributed by atoms with Crippen LogP contribution in [0.25, 0.3) is 22.3 Å². The molecule has 0 bridgehead atoms. The molecule has 44 heavy (non-hydrogen) atoms. The summed E-state index contributed by atoms with van der Waals surface area (Å²) in [5.74, 6) is 0.473. The highest BCUT2D eigenvalue weighted by Crippen LogP contribution is 2.43. The number of non-ortho nitro benzene ring substituents is 1. The van der Waals surface area contributed by atoms with E-state index >= 15 is 0 Å². The number of nitro benzene ring substituents is 1. The summed E-state index contributed by atoms with van der Waals surface area (Å²) < 4.78 is 53.8. The number of fused-ring (bicyclic) bond motifs is 1. The van der Waals surface area contributed by atoms with Crippen LogP contribution in [-0.4, -0.2) is 27.9 Å². The van der Waals surface area contributed by atoms with Gasteiger partial charge in [-0.3, -0.25) is 14.9 Å². The minimum Gasteiger partial charge on any atom is -0.493 e. The summed E-state index contributed by atoms with van der Waals surface area (Å²) in [6.07, 6.45) is -3.27. The SMILES string of the molecule is COc1cc(C=Nn2c(-c3cccc(C(F)(F)F)c3)nc3ccccc3c2=O)c(Br)c(Br)c1OCc1cccc([N+](=O)[O-])c1. The number of ether oxygens (including phenoxy) is 2. The van der Waals surface area contributed by atoms with Crippen molar-refractivity contribution in [3.63, 3.8) is 0 Å². The Labute approximate surface area is 264 Å². The maximum atomic E-state index is 13.5. The second kappa shape index (κ2) is 12.6. The summed E-state index contributed by atoms with van der Waals surface area (Å²) in [5, 5.41) is 15.7. The molecule has 0 N–H and O–H groups in total. The highest BCUT2D eigenvalue weighted by Gasteiger charge is 2.31. The molecule has 5 aromatic rings. The van der Waals surface area contributed by atoms with Crippen LogP contribution in [0.2, 0.25) is 0 Å². The molecule has 9 nitrogen and oxygen atoms in total. The molecule has 0 spiro atoms. The number of alkyl halides is 3. The number of nitrogens with zero attached hydrogens (tertiary/aromatic N) is 4. The van der Waals surface area contributed by atoms with Gasteiger partial charge in [0.1, 0.15) is 6.61 Å². The zero-order valence-electron chi connectivity index (χ0n) is 22.5. The topological polar surface area (TPSA) is 109 Å². The first kappa shape index (κ1) is 30.9. The molecule has 0 unspecified atom stereocenters. The van der Waals surface area contributed by atoms with Gasteiger partial charge in [-0.2, -0.15) is 22.9 Å². The Morgan fingerprint density at radius 1 is 1.02 bits per heavy atom. The normalized spacial score (nSPS) is 11.7. The maximum absolute atomic E-state index is 13.5. The van der Waals surface area contributed by atoms with Gasteiger partial charge in [0.15, 0.2) is 17.3 Å². The number of methoxy groups -OCH3 is 1. The van der Waals surface area contributed by atoms with Gasteiger partial charge in [0.25, 0.3) is 11.2 Å². The lowest BCUT2D eigenvalue weighted by molar-refractivity contribution is -0.384. The highest BCUT2D eigenvalue weighted by molar-refractivity contribution is 9.13. The number of hydrogen-bond acceptors (Lipinski definition) is 7. The predicted octanol–water partition coefficient (Wildman–Crippen LogP) is 7.99. The van der Waals surface area contributed by atoms with E-state index in [1.54, 1.807) is 42.5 Å². The molecule has 1 aromatic heterocycles. The van der Waals surface area contributed by atoms with E-state index in [0.29, 0.717) is 25.6 Å². The first-order valence-electron chi connectivity index (χ1n) is 12.6. The molecule has 0 radical (unpaired) electrons. The molecule has 14 heteroatoms. The number of hydrogen-bond donors (Lipinski definition) is 0. The predicted molar refractivity (Wildman–Crippen MR) is 165 cm³/mol. The Hall–Kier alpha value is -4.56. The largest absolute Gasteiger partial charge is 0.493 e. The fraction of sp³-hybridized carbons (Fsp3) is 0.100. The summed E-state index contributed by atoms with van der Waals surface area (Å²) >= 11 is 6.96. The third-order valence-corrected chi connectivity index (χ3v) is 8.54. The van der Waals surface area contributed by atoms with Crippen molar-refractivity contribution in [2.45, 2.75) is 12.8 Å². The van der Waals surface area contributed by atoms with Crippen LogP contribution < -0.4 is 15.0 Å². The number of rotatable bonds is 8. The second-order valence-corrected chi connectivity index (χ2v) is 10.8. The average Bonchev–Trinajstić information content (AvgIpc) is 3.01. The van der Waals surface area contributed by atoms with Gasteiger partial charge in [-0.05, 0) is 67.8 Å². The Morgan fingerprint density at radius 3 is 2.50 bits per heavy atom. The van der Waals surface area contributed by atoms with Gasteiger partial charge in [-0.25, -0.2) is 4.98 Å². The first-order chi connectivity index (χ1) is 21.0. The van der Waals surface area contributed by atoms with Gasteiger partial charge in [-0.15, -0.1) is 0 Å². The second-order valence-electron chi connectivity index (χ2n) is 9.23. The van der Waals surface area contributed by atoms with Crippen molar-refractivity contribution in [3.8, 4) is 22.9 Å². The number of para-hydroxylation sites is 1. The van der Waals surface area contributed by atoms with E-state index < -0.39 is 22.2 Å². The lowest BCUT2D eigenvalue weighted by Crippen LogP contribution is -2.20. The van der Waals surface area contributed by atoms with E-state index in [-0.39, 0.29) is 40.6 Å². The molecule has 224 valence electrons. The molecule has 0 aliphatic rings. The van der Waals surface area contributed by atoms with Crippen molar-refractivity contribution in [1.29, 1.82) is 0 Å². The van der Waals surface area contributed by atoms with E-state index in [1.807, 2.05) is 0 Å². The Balaban J connectivity index is 1.56. The fourth-order valence-corrected chi connectivity index (χ4v) is 5.21. The summed E-state index contributed by atoms with van der Waals surface area (Å²) in [5.41, 5.74) is -0.238. The van der Waals surface area contributed by atoms with E-state index in [2.05, 4.69) is 41.9 Å². The molecular formula is C30H19Br2F3N4O5. The third-order valence-electron chi connectivity index (χ3n) is 6.39. The quantitative estimate of drug-likeness (QED) is 0.0910. The van der Waals surface area contributed by atoms with Gasteiger partial charge in [-0.1, -0.05) is 36.4 Å². The fourth-order valence-electron chi connectivity index (χ4n) is 4.27. The molecule has 0 atom stereocenters. The van der Waals surface area contributed by atoms with Crippen LogP contribution in [0.4, 0.5) is 18.9 Å². The smallest absolute Gasteiger partial charge is 0.416 e. The van der Waals surface area contributed by atoms with Crippen molar-refractivity contribution in [2.75, 3.05) is 7.11 Å². The molecule has 5 rings (SSSR count). The molecule has 0 saturated heterocycles. The summed E-state index contributed by atoms with van der Waals surface area (Å²) in [6, 6.07) is 18.5. The van der Waals surface area contributed by atoms with Gasteiger partial charge in [0, 0.05) is 27.7 Å². The minimum absolute atomic E-state index is 0.00494. The summed E-state index contributed by atoms with van der Waals surface area (Å²) in [6.45, 7) is -0.00494. The summed E-state index contributed by atoms with van der Waals surface area (Å²) in [7, 11) is 1.42. The molecule has 0 aliphatic heterocycles. The van der Waals surface area contributed by atoms with Crippen LogP contribution in [0.5, 0.6) is 11.5 Å². The van der Waals surface area contributed by atoms with Crippen molar-refractivity contribution < 1.29 is 27.6 Å². The van der Waals surface area contributed by atoms with E-state index in [1.165, 1.54) is 37.6 Å². The highest BCUT2D eigenvalue weighted by atomic mass is 79.9. The average molecular weight is 732 g/mol. The van der Waals surface area contributed by atoms with Crippen molar-refractivity contribution >= 4 is 54.7 Å². The van der Waals surface area contributed by atoms with E-state index in [4.69, 9.17) is 9.47 Å². The molecular weight excluding hydrogens is 713 g/mol. The number of halogens is 5. The molecule has 4 aromatic carbocycles. The van der Waals surface area contributed by atoms with E-state index in [9.17, 15) is 28.1 Å². The van der Waals surface area contributed by atoms with Crippen LogP contribution in [0.3, 0.4) is 0 Å². The lowest BCUT2D eigenvalue weighted by Gasteiger charge is -2.15. The molecule has 1 heterocycles. The van der Waals surface area contributed by atoms with Crippen molar-refractivity contribution in [3.05, 3.63) is 125 Å². The zero-order chi connectivity index (χ0) is 31.6. The Bertz CT molecular complexity index is 2000. The Morgan fingerprint density at radius 2 is 1.77 bits per heavy atom. The van der Waals surface area contributed by atoms with Crippen molar-refractivity contribution in [2.24, 2.45) is 5.10 Å². The first-order valence-corrected chi connectivity index (χ1v) is 14.2. The monoisotopic (exact) mass is 730 g/mol. The van der Waals surface area contributed by atoms with Gasteiger partial charge < -0.3 is 9.47 Å². The maximum Gasteiger partial charge on any atom is 0.416 e. The summed E-state index contributed by atoms with van der Waals surface area (Å²) in [4.78, 5) is 28.6. The molecule has 0 aliphatic carbocycles. The van der Waals surface area contributed by atoms with Crippen LogP contribution in [0.15, 0.2) is 97.7 Å². The van der Waals surface area contributed by atoms with Gasteiger partial charge in [0.2, 0.25) is 0 Å². The molecule has 0 saturated carbocycles. The lowest BCUT2D eigenvalue weighted by atomic mass is 10.1. The van der Waals surface area contributed by atoms with Gasteiger partial charge in [0.05, 0.1) is 39.2 Å². The van der Waals surface area contributed by atoms with Crippen LogP contribution >= 0.6 is 31.9 Å². The van der Waals surface area contributed by atoms with E-state index in [0.717, 1.165) is 16.8 Å². The standard InChI is InChI=1S/C30H19Br2F3N4O5/c1-43-24-14-19(25(31)26(32)27(24)44-16-17-6-4-9-21(12-17)39(41)42)15-36-38-28(18-7-5-8-20(13-18)30(33,34)35)37-23-11-3-2-10-22(23)29(38)40/h2-15H,16H2,1H3. The van der Waals surface area contributed by atoms with Crippen molar-refractivity contribution in [1.82, 2.24) is 9.66 Å². The van der Waals surface area contributed by atoms with Crippen LogP contribution in [0, 0.1) is 10.1 Å².